The molecule has 3 aromatic carbocycles. The van der Waals surface area contributed by atoms with E-state index in [0.29, 0.717) is 36.1 Å². The third kappa shape index (κ3) is 4.93. The van der Waals surface area contributed by atoms with E-state index in [9.17, 15) is 4.79 Å². The summed E-state index contributed by atoms with van der Waals surface area (Å²) in [6.45, 7) is 2.00. The number of carbonyl (C=O) groups excluding carboxylic acids is 1. The van der Waals surface area contributed by atoms with E-state index < -0.39 is 0 Å². The summed E-state index contributed by atoms with van der Waals surface area (Å²) >= 11 is 1.51. The second-order valence-electron chi connectivity index (χ2n) is 8.07. The Morgan fingerprint density at radius 2 is 1.77 bits per heavy atom. The maximum Gasteiger partial charge on any atom is 0.233 e. The minimum Gasteiger partial charge on any atom is -0.497 e. The molecule has 0 N–H and O–H groups in total. The van der Waals surface area contributed by atoms with Crippen LogP contribution in [0.15, 0.2) is 77.3 Å². The molecule has 0 saturated heterocycles. The molecule has 0 aliphatic heterocycles. The second-order valence-corrected chi connectivity index (χ2v) is 9.08. The normalized spacial score (nSPS) is 11.0. The van der Waals surface area contributed by atoms with Crippen LogP contribution in [-0.4, -0.2) is 28.1 Å². The fraction of sp³-hybridized carbons (Fsp3) is 0.185. The number of ether oxygens (including phenoxy) is 1. The Hall–Kier alpha value is -4.04. The van der Waals surface area contributed by atoms with Crippen LogP contribution in [0.25, 0.3) is 21.6 Å². The van der Waals surface area contributed by atoms with E-state index in [0.717, 1.165) is 32.8 Å². The lowest BCUT2D eigenvalue weighted by molar-refractivity contribution is -0.118. The minimum absolute atomic E-state index is 0.0201. The van der Waals surface area contributed by atoms with E-state index in [1.807, 2.05) is 79.7 Å². The number of hydrogen-bond donors (Lipinski definition) is 0. The van der Waals surface area contributed by atoms with Gasteiger partial charge in [-0.15, -0.1) is 0 Å². The number of fused-ring (bicyclic) bond motifs is 1. The molecule has 0 aliphatic carbocycles. The Morgan fingerprint density at radius 3 is 2.54 bits per heavy atom. The summed E-state index contributed by atoms with van der Waals surface area (Å²) in [5.41, 5.74) is 3.59. The Kier molecular flexibility index (Phi) is 6.54. The molecule has 8 heteroatoms. The van der Waals surface area contributed by atoms with Crippen LogP contribution < -0.4 is 9.64 Å². The van der Waals surface area contributed by atoms with Gasteiger partial charge in [-0.1, -0.05) is 46.8 Å². The van der Waals surface area contributed by atoms with Gasteiger partial charge in [0.25, 0.3) is 0 Å². The lowest BCUT2D eigenvalue weighted by atomic mass is 10.1. The molecule has 0 bridgehead atoms. The van der Waals surface area contributed by atoms with Crippen molar-refractivity contribution in [3.8, 4) is 17.1 Å². The Labute approximate surface area is 207 Å². The summed E-state index contributed by atoms with van der Waals surface area (Å²) in [6.07, 6.45) is 1.41. The maximum absolute atomic E-state index is 13.5. The van der Waals surface area contributed by atoms with E-state index >= 15 is 0 Å². The predicted molar refractivity (Wildman–Crippen MR) is 137 cm³/mol. The van der Waals surface area contributed by atoms with Gasteiger partial charge in [0.1, 0.15) is 5.75 Å². The van der Waals surface area contributed by atoms with Crippen molar-refractivity contribution in [3.05, 3.63) is 84.3 Å². The van der Waals surface area contributed by atoms with E-state index in [1.54, 1.807) is 12.0 Å². The number of rotatable bonds is 8. The van der Waals surface area contributed by atoms with Crippen LogP contribution in [0.5, 0.6) is 5.75 Å². The Morgan fingerprint density at radius 1 is 1.00 bits per heavy atom. The van der Waals surface area contributed by atoms with Crippen molar-refractivity contribution < 1.29 is 14.1 Å². The van der Waals surface area contributed by atoms with Gasteiger partial charge in [0.2, 0.25) is 17.6 Å². The van der Waals surface area contributed by atoms with Crippen molar-refractivity contribution in [2.75, 3.05) is 12.0 Å². The molecule has 2 aromatic heterocycles. The predicted octanol–water partition coefficient (Wildman–Crippen LogP) is 6.35. The van der Waals surface area contributed by atoms with Gasteiger partial charge in [-0.05, 0) is 61.4 Å². The third-order valence-corrected chi connectivity index (χ3v) is 6.70. The fourth-order valence-corrected chi connectivity index (χ4v) is 4.83. The summed E-state index contributed by atoms with van der Waals surface area (Å²) in [4.78, 5) is 24.4. The number of methoxy groups -OCH3 is 1. The van der Waals surface area contributed by atoms with Crippen LogP contribution in [0.1, 0.15) is 24.3 Å². The Bertz CT molecular complexity index is 1430. The highest BCUT2D eigenvalue weighted by molar-refractivity contribution is 7.22. The number of aromatic nitrogens is 3. The minimum atomic E-state index is -0.0201. The zero-order chi connectivity index (χ0) is 24.2. The van der Waals surface area contributed by atoms with Gasteiger partial charge in [-0.2, -0.15) is 4.98 Å². The molecule has 7 nitrogen and oxygen atoms in total. The number of thiazole rings is 1. The van der Waals surface area contributed by atoms with Crippen LogP contribution in [0.3, 0.4) is 0 Å². The number of anilines is 2. The second kappa shape index (κ2) is 10.1. The van der Waals surface area contributed by atoms with Gasteiger partial charge in [0, 0.05) is 18.4 Å². The molecule has 5 aromatic rings. The highest BCUT2D eigenvalue weighted by Gasteiger charge is 2.23. The maximum atomic E-state index is 13.5. The first kappa shape index (κ1) is 22.7. The molecule has 0 radical (unpaired) electrons. The van der Waals surface area contributed by atoms with Crippen molar-refractivity contribution in [1.82, 2.24) is 15.1 Å². The van der Waals surface area contributed by atoms with E-state index in [1.165, 1.54) is 11.3 Å². The van der Waals surface area contributed by atoms with Gasteiger partial charge < -0.3 is 9.26 Å². The SMILES string of the molecule is COc1ccc(-c2noc(CCCC(=O)N(c3nc4ccccc4s3)c3ccccc3C)n2)cc1. The van der Waals surface area contributed by atoms with Crippen molar-refractivity contribution in [1.29, 1.82) is 0 Å². The average molecular weight is 485 g/mol. The molecule has 2 heterocycles. The molecule has 0 saturated carbocycles. The van der Waals surface area contributed by atoms with Crippen molar-refractivity contribution in [2.45, 2.75) is 26.2 Å². The molecule has 5 rings (SSSR count). The van der Waals surface area contributed by atoms with Gasteiger partial charge in [0.05, 0.1) is 23.0 Å². The molecule has 0 aliphatic rings. The smallest absolute Gasteiger partial charge is 0.233 e. The molecule has 0 fully saturated rings. The zero-order valence-electron chi connectivity index (χ0n) is 19.5. The average Bonchev–Trinajstić information content (AvgIpc) is 3.53. The van der Waals surface area contributed by atoms with Crippen molar-refractivity contribution in [2.24, 2.45) is 0 Å². The molecule has 0 spiro atoms. The highest BCUT2D eigenvalue weighted by Crippen LogP contribution is 2.35. The summed E-state index contributed by atoms with van der Waals surface area (Å²) < 4.78 is 11.7. The number of para-hydroxylation sites is 2. The van der Waals surface area contributed by atoms with E-state index in [4.69, 9.17) is 14.2 Å². The summed E-state index contributed by atoms with van der Waals surface area (Å²) in [5, 5.41) is 4.75. The van der Waals surface area contributed by atoms with Gasteiger partial charge in [-0.25, -0.2) is 4.98 Å². The van der Waals surface area contributed by atoms with E-state index in [2.05, 4.69) is 10.1 Å². The fourth-order valence-electron chi connectivity index (χ4n) is 3.83. The van der Waals surface area contributed by atoms with Crippen LogP contribution >= 0.6 is 11.3 Å². The van der Waals surface area contributed by atoms with Crippen LogP contribution in [0, 0.1) is 6.92 Å². The number of nitrogens with zero attached hydrogens (tertiary/aromatic N) is 4. The molecular weight excluding hydrogens is 460 g/mol. The molecular formula is C27H24N4O3S. The third-order valence-electron chi connectivity index (χ3n) is 5.68. The van der Waals surface area contributed by atoms with Crippen molar-refractivity contribution >= 4 is 38.3 Å². The first-order valence-electron chi connectivity index (χ1n) is 11.3. The number of hydrogen-bond acceptors (Lipinski definition) is 7. The van der Waals surface area contributed by atoms with Crippen LogP contribution in [-0.2, 0) is 11.2 Å². The molecule has 0 atom stereocenters. The summed E-state index contributed by atoms with van der Waals surface area (Å²) in [6, 6.07) is 23.3. The summed E-state index contributed by atoms with van der Waals surface area (Å²) in [7, 11) is 1.62. The molecule has 1 amide bonds. The molecule has 0 unspecified atom stereocenters. The monoisotopic (exact) mass is 484 g/mol. The molecule has 35 heavy (non-hydrogen) atoms. The van der Waals surface area contributed by atoms with Crippen LogP contribution in [0.2, 0.25) is 0 Å². The summed E-state index contributed by atoms with van der Waals surface area (Å²) in [5.74, 6) is 1.77. The first-order chi connectivity index (χ1) is 17.1. The van der Waals surface area contributed by atoms with Gasteiger partial charge in [0.15, 0.2) is 5.13 Å². The first-order valence-corrected chi connectivity index (χ1v) is 12.1. The number of carbonyl (C=O) groups is 1. The molecule has 176 valence electrons. The number of amides is 1. The number of benzene rings is 3. The van der Waals surface area contributed by atoms with E-state index in [-0.39, 0.29) is 5.91 Å². The van der Waals surface area contributed by atoms with Crippen LogP contribution in [0.4, 0.5) is 10.8 Å². The van der Waals surface area contributed by atoms with Gasteiger partial charge in [-0.3, -0.25) is 9.69 Å². The quantitative estimate of drug-likeness (QED) is 0.255. The standard InChI is InChI=1S/C27H24N4O3S/c1-18-8-3-5-10-22(18)31(27-28-21-9-4-6-11-23(21)35-27)25(32)13-7-12-24-29-26(30-34-24)19-14-16-20(33-2)17-15-19/h3-6,8-11,14-17H,7,12-13H2,1-2H3. The zero-order valence-corrected chi connectivity index (χ0v) is 20.3. The van der Waals surface area contributed by atoms with Gasteiger partial charge >= 0.3 is 0 Å². The topological polar surface area (TPSA) is 81.4 Å². The Balaban J connectivity index is 1.31. The highest BCUT2D eigenvalue weighted by atomic mass is 32.1. The lowest BCUT2D eigenvalue weighted by Gasteiger charge is -2.21. The number of aryl methyl sites for hydroxylation is 2. The van der Waals surface area contributed by atoms with Crippen molar-refractivity contribution in [3.63, 3.8) is 0 Å². The largest absolute Gasteiger partial charge is 0.497 e. The lowest BCUT2D eigenvalue weighted by Crippen LogP contribution is -2.26.